The van der Waals surface area contributed by atoms with Gasteiger partial charge in [0.15, 0.2) is 0 Å². The van der Waals surface area contributed by atoms with Crippen LogP contribution in [0.25, 0.3) is 0 Å². The number of anilines is 1. The summed E-state index contributed by atoms with van der Waals surface area (Å²) in [5, 5.41) is 1.94. The number of nitrogens with zero attached hydrogens (tertiary/aromatic N) is 1. The second kappa shape index (κ2) is 7.36. The number of carbonyl (C=O) groups excluding carboxylic acids is 1. The van der Waals surface area contributed by atoms with E-state index < -0.39 is 22.8 Å². The zero-order valence-corrected chi connectivity index (χ0v) is 14.4. The number of carbonyl (C=O) groups is 1. The Kier molecular flexibility index (Phi) is 5.20. The molecule has 0 bridgehead atoms. The van der Waals surface area contributed by atoms with Gasteiger partial charge in [-0.2, -0.15) is 0 Å². The third-order valence-corrected chi connectivity index (χ3v) is 5.68. The standard InChI is InChI=1S/C17H14F2N2OS2/c1-10(16(22)20-15-8-12(18)6-7-13(15)19)24-17-21-14-5-3-2-4-11(14)9-23-17/h2-8,10H,9H2,1H3,(H,20,22). The molecule has 1 unspecified atom stereocenters. The molecule has 1 aliphatic heterocycles. The van der Waals surface area contributed by atoms with E-state index in [0.29, 0.717) is 0 Å². The molecule has 7 heteroatoms. The largest absolute Gasteiger partial charge is 0.323 e. The monoisotopic (exact) mass is 364 g/mol. The number of fused-ring (bicyclic) bond motifs is 1. The maximum absolute atomic E-state index is 13.6. The molecule has 0 saturated carbocycles. The minimum Gasteiger partial charge on any atom is -0.323 e. The van der Waals surface area contributed by atoms with E-state index >= 15 is 0 Å². The van der Waals surface area contributed by atoms with Crippen LogP contribution < -0.4 is 5.32 Å². The van der Waals surface area contributed by atoms with E-state index in [-0.39, 0.29) is 5.69 Å². The van der Waals surface area contributed by atoms with E-state index in [1.165, 1.54) is 11.8 Å². The number of halogens is 2. The van der Waals surface area contributed by atoms with Gasteiger partial charge in [-0.3, -0.25) is 4.79 Å². The molecule has 2 aromatic rings. The normalized spacial score (nSPS) is 14.5. The zero-order valence-electron chi connectivity index (χ0n) is 12.8. The number of hydrogen-bond donors (Lipinski definition) is 1. The van der Waals surface area contributed by atoms with Gasteiger partial charge in [-0.05, 0) is 30.7 Å². The van der Waals surface area contributed by atoms with Gasteiger partial charge in [0.25, 0.3) is 0 Å². The molecule has 24 heavy (non-hydrogen) atoms. The van der Waals surface area contributed by atoms with E-state index in [0.717, 1.165) is 39.6 Å². The van der Waals surface area contributed by atoms with Crippen molar-refractivity contribution >= 4 is 45.2 Å². The highest BCUT2D eigenvalue weighted by molar-refractivity contribution is 8.39. The third kappa shape index (κ3) is 3.96. The summed E-state index contributed by atoms with van der Waals surface area (Å²) < 4.78 is 27.6. The van der Waals surface area contributed by atoms with Gasteiger partial charge < -0.3 is 5.32 Å². The second-order valence-corrected chi connectivity index (χ2v) is 7.72. The summed E-state index contributed by atoms with van der Waals surface area (Å²) in [5.41, 5.74) is 1.91. The maximum atomic E-state index is 13.6. The van der Waals surface area contributed by atoms with Crippen LogP contribution in [-0.2, 0) is 10.5 Å². The molecule has 3 rings (SSSR count). The van der Waals surface area contributed by atoms with Crippen molar-refractivity contribution in [1.82, 2.24) is 0 Å². The summed E-state index contributed by atoms with van der Waals surface area (Å²) >= 11 is 2.87. The molecule has 1 aliphatic rings. The van der Waals surface area contributed by atoms with Gasteiger partial charge in [0.05, 0.1) is 16.6 Å². The van der Waals surface area contributed by atoms with Crippen LogP contribution in [-0.4, -0.2) is 15.5 Å². The Balaban J connectivity index is 1.67. The summed E-state index contributed by atoms with van der Waals surface area (Å²) in [5.74, 6) is -0.864. The minimum atomic E-state index is -0.666. The Bertz CT molecular complexity index is 811. The molecule has 1 N–H and O–H groups in total. The van der Waals surface area contributed by atoms with Crippen molar-refractivity contribution in [2.75, 3.05) is 5.32 Å². The highest BCUT2D eigenvalue weighted by atomic mass is 32.2. The maximum Gasteiger partial charge on any atom is 0.237 e. The molecule has 124 valence electrons. The van der Waals surface area contributed by atoms with Crippen molar-refractivity contribution in [1.29, 1.82) is 0 Å². The average Bonchev–Trinajstić information content (AvgIpc) is 2.58. The van der Waals surface area contributed by atoms with Gasteiger partial charge in [0, 0.05) is 11.8 Å². The molecule has 0 fully saturated rings. The molecule has 2 aromatic carbocycles. The molecule has 0 radical (unpaired) electrons. The van der Waals surface area contributed by atoms with Gasteiger partial charge in [0.2, 0.25) is 5.91 Å². The molecule has 1 atom stereocenters. The highest BCUT2D eigenvalue weighted by Gasteiger charge is 2.21. The lowest BCUT2D eigenvalue weighted by Gasteiger charge is -2.17. The number of aliphatic imine (C=N–C) groups is 1. The van der Waals surface area contributed by atoms with Crippen LogP contribution >= 0.6 is 23.5 Å². The zero-order chi connectivity index (χ0) is 17.1. The van der Waals surface area contributed by atoms with Crippen molar-refractivity contribution in [3.63, 3.8) is 0 Å². The Hall–Kier alpha value is -1.86. The quantitative estimate of drug-likeness (QED) is 0.837. The van der Waals surface area contributed by atoms with E-state index in [4.69, 9.17) is 0 Å². The van der Waals surface area contributed by atoms with Gasteiger partial charge >= 0.3 is 0 Å². The number of amides is 1. The van der Waals surface area contributed by atoms with E-state index in [2.05, 4.69) is 10.3 Å². The number of thioether (sulfide) groups is 2. The first-order valence-electron chi connectivity index (χ1n) is 7.25. The molecule has 3 nitrogen and oxygen atoms in total. The summed E-state index contributed by atoms with van der Waals surface area (Å²) in [6.07, 6.45) is 0. The smallest absolute Gasteiger partial charge is 0.237 e. The number of rotatable bonds is 3. The van der Waals surface area contributed by atoms with Crippen LogP contribution in [0.1, 0.15) is 12.5 Å². The second-order valence-electron chi connectivity index (χ2n) is 5.17. The molecular weight excluding hydrogens is 350 g/mol. The van der Waals surface area contributed by atoms with Gasteiger partial charge in [-0.15, -0.1) is 0 Å². The predicted molar refractivity (Wildman–Crippen MR) is 96.9 cm³/mol. The molecule has 0 aromatic heterocycles. The fourth-order valence-electron chi connectivity index (χ4n) is 2.10. The Morgan fingerprint density at radius 1 is 1.29 bits per heavy atom. The third-order valence-electron chi connectivity index (χ3n) is 3.39. The van der Waals surface area contributed by atoms with Gasteiger partial charge in [0.1, 0.15) is 16.0 Å². The van der Waals surface area contributed by atoms with E-state index in [1.807, 2.05) is 24.3 Å². The number of para-hydroxylation sites is 1. The Morgan fingerprint density at radius 2 is 2.08 bits per heavy atom. The molecular formula is C17H14F2N2OS2. The lowest BCUT2D eigenvalue weighted by molar-refractivity contribution is -0.115. The Labute approximate surface area is 146 Å². The minimum absolute atomic E-state index is 0.156. The van der Waals surface area contributed by atoms with Crippen LogP contribution in [0.4, 0.5) is 20.2 Å². The van der Waals surface area contributed by atoms with Crippen LogP contribution in [0, 0.1) is 11.6 Å². The summed E-state index contributed by atoms with van der Waals surface area (Å²) in [6, 6.07) is 10.8. The average molecular weight is 364 g/mol. The molecule has 1 heterocycles. The number of nitrogens with one attached hydrogen (secondary N) is 1. The topological polar surface area (TPSA) is 41.5 Å². The van der Waals surface area contributed by atoms with Crippen LogP contribution in [0.2, 0.25) is 0 Å². The molecule has 0 saturated heterocycles. The van der Waals surface area contributed by atoms with Crippen molar-refractivity contribution in [3.05, 3.63) is 59.7 Å². The summed E-state index contributed by atoms with van der Waals surface area (Å²) in [4.78, 5) is 16.7. The van der Waals surface area contributed by atoms with Crippen LogP contribution in [0.15, 0.2) is 47.5 Å². The number of benzene rings is 2. The first-order chi connectivity index (χ1) is 11.5. The first-order valence-corrected chi connectivity index (χ1v) is 9.11. The van der Waals surface area contributed by atoms with Gasteiger partial charge in [-0.25, -0.2) is 13.8 Å². The van der Waals surface area contributed by atoms with Gasteiger partial charge in [-0.1, -0.05) is 41.7 Å². The lowest BCUT2D eigenvalue weighted by atomic mass is 10.2. The first kappa shape index (κ1) is 17.0. The Morgan fingerprint density at radius 3 is 2.92 bits per heavy atom. The molecule has 0 aliphatic carbocycles. The SMILES string of the molecule is CC(SC1=Nc2ccccc2CS1)C(=O)Nc1cc(F)ccc1F. The van der Waals surface area contributed by atoms with Crippen molar-refractivity contribution in [3.8, 4) is 0 Å². The van der Waals surface area contributed by atoms with E-state index in [9.17, 15) is 13.6 Å². The number of hydrogen-bond acceptors (Lipinski definition) is 4. The molecule has 0 spiro atoms. The fraction of sp³-hybridized carbons (Fsp3) is 0.176. The predicted octanol–water partition coefficient (Wildman–Crippen LogP) is 4.96. The van der Waals surface area contributed by atoms with E-state index in [1.54, 1.807) is 18.7 Å². The highest BCUT2D eigenvalue weighted by Crippen LogP contribution is 2.36. The summed E-state index contributed by atoms with van der Waals surface area (Å²) in [6.45, 7) is 1.71. The van der Waals surface area contributed by atoms with Crippen LogP contribution in [0.5, 0.6) is 0 Å². The molecule has 1 amide bonds. The summed E-state index contributed by atoms with van der Waals surface area (Å²) in [7, 11) is 0. The lowest BCUT2D eigenvalue weighted by Crippen LogP contribution is -2.24. The van der Waals surface area contributed by atoms with Crippen molar-refractivity contribution < 1.29 is 13.6 Å². The fourth-order valence-corrected chi connectivity index (χ4v) is 4.29. The van der Waals surface area contributed by atoms with Crippen molar-refractivity contribution in [2.45, 2.75) is 17.9 Å². The van der Waals surface area contributed by atoms with Crippen molar-refractivity contribution in [2.24, 2.45) is 4.99 Å². The van der Waals surface area contributed by atoms with Crippen LogP contribution in [0.3, 0.4) is 0 Å².